The number of pyridine rings is 1. The lowest BCUT2D eigenvalue weighted by Gasteiger charge is -2.23. The number of amides is 1. The third kappa shape index (κ3) is 2.81. The van der Waals surface area contributed by atoms with Crippen LogP contribution < -0.4 is 0 Å². The van der Waals surface area contributed by atoms with E-state index in [0.29, 0.717) is 12.1 Å². The van der Waals surface area contributed by atoms with E-state index in [1.807, 2.05) is 76.5 Å². The SMILES string of the molecule is Cc1ccccc1-n1ncc(C(=O)N2CCC[C@H]2c2nnc3ccccn23)c1C. The Morgan fingerprint density at radius 1 is 1.07 bits per heavy atom. The summed E-state index contributed by atoms with van der Waals surface area (Å²) < 4.78 is 3.82. The summed E-state index contributed by atoms with van der Waals surface area (Å²) in [6, 6.07) is 13.8. The van der Waals surface area contributed by atoms with E-state index in [0.717, 1.165) is 41.3 Å². The summed E-state index contributed by atoms with van der Waals surface area (Å²) in [5, 5.41) is 13.2. The van der Waals surface area contributed by atoms with Crippen LogP contribution in [0.2, 0.25) is 0 Å². The molecule has 0 N–H and O–H groups in total. The molecule has 0 spiro atoms. The van der Waals surface area contributed by atoms with Crippen molar-refractivity contribution >= 4 is 11.6 Å². The Hall–Kier alpha value is -3.48. The minimum atomic E-state index is -0.0823. The molecule has 7 nitrogen and oxygen atoms in total. The molecule has 29 heavy (non-hydrogen) atoms. The van der Waals surface area contributed by atoms with Gasteiger partial charge in [-0.25, -0.2) is 4.68 Å². The third-order valence-corrected chi connectivity index (χ3v) is 5.74. The van der Waals surface area contributed by atoms with Crippen molar-refractivity contribution in [3.8, 4) is 5.69 Å². The maximum atomic E-state index is 13.5. The van der Waals surface area contributed by atoms with E-state index >= 15 is 0 Å². The van der Waals surface area contributed by atoms with Crippen LogP contribution in [0.5, 0.6) is 0 Å². The van der Waals surface area contributed by atoms with Crippen LogP contribution in [0.1, 0.15) is 46.3 Å². The van der Waals surface area contributed by atoms with Gasteiger partial charge in [-0.15, -0.1) is 10.2 Å². The van der Waals surface area contributed by atoms with Gasteiger partial charge in [-0.1, -0.05) is 24.3 Å². The molecule has 7 heteroatoms. The molecule has 0 unspecified atom stereocenters. The number of aryl methyl sites for hydroxylation is 1. The van der Waals surface area contributed by atoms with Crippen molar-refractivity contribution in [2.75, 3.05) is 6.54 Å². The van der Waals surface area contributed by atoms with Gasteiger partial charge in [0.2, 0.25) is 0 Å². The Labute approximate surface area is 168 Å². The summed E-state index contributed by atoms with van der Waals surface area (Å²) in [5.41, 5.74) is 4.39. The highest BCUT2D eigenvalue weighted by Crippen LogP contribution is 2.33. The molecule has 1 aliphatic rings. The van der Waals surface area contributed by atoms with Crippen LogP contribution in [-0.4, -0.2) is 41.7 Å². The van der Waals surface area contributed by atoms with Crippen LogP contribution >= 0.6 is 0 Å². The highest BCUT2D eigenvalue weighted by molar-refractivity contribution is 5.95. The van der Waals surface area contributed by atoms with Crippen molar-refractivity contribution in [1.82, 2.24) is 29.3 Å². The predicted molar refractivity (Wildman–Crippen MR) is 109 cm³/mol. The predicted octanol–water partition coefficient (Wildman–Crippen LogP) is 3.51. The van der Waals surface area contributed by atoms with Gasteiger partial charge in [0.1, 0.15) is 0 Å². The number of nitrogens with zero attached hydrogens (tertiary/aromatic N) is 6. The lowest BCUT2D eigenvalue weighted by molar-refractivity contribution is 0.0728. The second-order valence-electron chi connectivity index (χ2n) is 7.49. The molecule has 0 saturated carbocycles. The van der Waals surface area contributed by atoms with Gasteiger partial charge >= 0.3 is 0 Å². The average molecular weight is 386 g/mol. The van der Waals surface area contributed by atoms with Gasteiger partial charge in [0.05, 0.1) is 29.2 Å². The summed E-state index contributed by atoms with van der Waals surface area (Å²) in [7, 11) is 0. The molecule has 1 aromatic carbocycles. The number of carbonyl (C=O) groups excluding carboxylic acids is 1. The smallest absolute Gasteiger partial charge is 0.257 e. The summed E-state index contributed by atoms with van der Waals surface area (Å²) in [6.45, 7) is 4.70. The van der Waals surface area contributed by atoms with Gasteiger partial charge in [0.15, 0.2) is 11.5 Å². The lowest BCUT2D eigenvalue weighted by atomic mass is 10.1. The first-order valence-corrected chi connectivity index (χ1v) is 9.86. The van der Waals surface area contributed by atoms with Crippen LogP contribution in [0.4, 0.5) is 0 Å². The van der Waals surface area contributed by atoms with Crippen molar-refractivity contribution in [3.63, 3.8) is 0 Å². The number of benzene rings is 1. The van der Waals surface area contributed by atoms with Crippen molar-refractivity contribution < 1.29 is 4.79 Å². The van der Waals surface area contributed by atoms with Crippen LogP contribution in [0.15, 0.2) is 54.9 Å². The molecule has 3 aromatic heterocycles. The molecule has 1 saturated heterocycles. The molecule has 5 rings (SSSR count). The molecule has 1 aliphatic heterocycles. The van der Waals surface area contributed by atoms with Gasteiger partial charge in [-0.05, 0) is 50.5 Å². The highest BCUT2D eigenvalue weighted by Gasteiger charge is 2.35. The normalized spacial score (nSPS) is 16.6. The van der Waals surface area contributed by atoms with E-state index in [1.165, 1.54) is 0 Å². The molecule has 0 aliphatic carbocycles. The molecule has 0 bridgehead atoms. The fraction of sp³-hybridized carbons (Fsp3) is 0.273. The zero-order valence-corrected chi connectivity index (χ0v) is 16.5. The standard InChI is InChI=1S/C22H22N6O/c1-15-8-3-4-9-18(15)28-16(2)17(14-23-28)22(29)26-13-7-10-19(26)21-25-24-20-11-5-6-12-27(20)21/h3-6,8-9,11-12,14,19H,7,10,13H2,1-2H3/t19-/m0/s1. The van der Waals surface area contributed by atoms with Crippen molar-refractivity contribution in [1.29, 1.82) is 0 Å². The lowest BCUT2D eigenvalue weighted by Crippen LogP contribution is -2.31. The molecule has 1 fully saturated rings. The Kier molecular flexibility index (Phi) is 4.16. The maximum Gasteiger partial charge on any atom is 0.257 e. The highest BCUT2D eigenvalue weighted by atomic mass is 16.2. The van der Waals surface area contributed by atoms with E-state index in [1.54, 1.807) is 6.20 Å². The van der Waals surface area contributed by atoms with E-state index < -0.39 is 0 Å². The molecule has 4 heterocycles. The average Bonchev–Trinajstić information content (AvgIpc) is 3.45. The number of hydrogen-bond donors (Lipinski definition) is 0. The molecular weight excluding hydrogens is 364 g/mol. The maximum absolute atomic E-state index is 13.5. The minimum Gasteiger partial charge on any atom is -0.328 e. The van der Waals surface area contributed by atoms with E-state index in [9.17, 15) is 4.79 Å². The Morgan fingerprint density at radius 3 is 2.76 bits per heavy atom. The molecule has 1 atom stereocenters. The summed E-state index contributed by atoms with van der Waals surface area (Å²) in [6.07, 6.45) is 5.46. The number of likely N-dealkylation sites (tertiary alicyclic amines) is 1. The van der Waals surface area contributed by atoms with Crippen molar-refractivity contribution in [3.05, 3.63) is 77.5 Å². The number of fused-ring (bicyclic) bond motifs is 1. The number of hydrogen-bond acceptors (Lipinski definition) is 4. The Bertz CT molecular complexity index is 1210. The number of para-hydroxylation sites is 1. The fourth-order valence-electron chi connectivity index (χ4n) is 4.18. The quantitative estimate of drug-likeness (QED) is 0.540. The first kappa shape index (κ1) is 17.6. The number of rotatable bonds is 3. The molecule has 1 amide bonds. The van der Waals surface area contributed by atoms with Gasteiger partial charge in [-0.2, -0.15) is 5.10 Å². The first-order valence-electron chi connectivity index (χ1n) is 9.86. The van der Waals surface area contributed by atoms with Gasteiger partial charge < -0.3 is 4.90 Å². The zero-order chi connectivity index (χ0) is 20.0. The third-order valence-electron chi connectivity index (χ3n) is 5.74. The Morgan fingerprint density at radius 2 is 1.90 bits per heavy atom. The molecular formula is C22H22N6O. The second kappa shape index (κ2) is 6.84. The minimum absolute atomic E-state index is 0.00230. The monoisotopic (exact) mass is 386 g/mol. The largest absolute Gasteiger partial charge is 0.328 e. The van der Waals surface area contributed by atoms with Gasteiger partial charge in [0.25, 0.3) is 5.91 Å². The van der Waals surface area contributed by atoms with Crippen molar-refractivity contribution in [2.24, 2.45) is 0 Å². The fourth-order valence-corrected chi connectivity index (χ4v) is 4.18. The number of carbonyl (C=O) groups is 1. The molecule has 146 valence electrons. The van der Waals surface area contributed by atoms with Crippen LogP contribution in [-0.2, 0) is 0 Å². The Balaban J connectivity index is 1.50. The molecule has 0 radical (unpaired) electrons. The summed E-state index contributed by atoms with van der Waals surface area (Å²) in [5.74, 6) is 0.813. The number of aromatic nitrogens is 5. The molecule has 4 aromatic rings. The first-order chi connectivity index (χ1) is 14.1. The van der Waals surface area contributed by atoms with Crippen LogP contribution in [0.25, 0.3) is 11.3 Å². The van der Waals surface area contributed by atoms with Gasteiger partial charge in [-0.3, -0.25) is 9.20 Å². The van der Waals surface area contributed by atoms with E-state index in [4.69, 9.17) is 0 Å². The van der Waals surface area contributed by atoms with Gasteiger partial charge in [0, 0.05) is 12.7 Å². The van der Waals surface area contributed by atoms with Crippen LogP contribution in [0, 0.1) is 13.8 Å². The van der Waals surface area contributed by atoms with E-state index in [2.05, 4.69) is 15.3 Å². The zero-order valence-electron chi connectivity index (χ0n) is 16.5. The topological polar surface area (TPSA) is 68.3 Å². The second-order valence-corrected chi connectivity index (χ2v) is 7.49. The van der Waals surface area contributed by atoms with Crippen LogP contribution in [0.3, 0.4) is 0 Å². The van der Waals surface area contributed by atoms with Crippen molar-refractivity contribution in [2.45, 2.75) is 32.7 Å². The summed E-state index contributed by atoms with van der Waals surface area (Å²) >= 11 is 0. The van der Waals surface area contributed by atoms with E-state index in [-0.39, 0.29) is 11.9 Å². The summed E-state index contributed by atoms with van der Waals surface area (Å²) in [4.78, 5) is 15.4.